The zero-order valence-corrected chi connectivity index (χ0v) is 27.5. The molecule has 4 bridgehead atoms. The fraction of sp³-hybridized carbons (Fsp3) is 0.588. The van der Waals surface area contributed by atoms with Crippen LogP contribution in [0.15, 0.2) is 48.5 Å². The molecule has 0 heterocycles. The summed E-state index contributed by atoms with van der Waals surface area (Å²) in [5, 5.41) is 3.43. The van der Waals surface area contributed by atoms with Gasteiger partial charge < -0.3 is 10.2 Å². The summed E-state index contributed by atoms with van der Waals surface area (Å²) in [6, 6.07) is 14.3. The van der Waals surface area contributed by atoms with Gasteiger partial charge in [-0.3, -0.25) is 13.9 Å². The normalized spacial score (nSPS) is 25.0. The summed E-state index contributed by atoms with van der Waals surface area (Å²) in [7, 11) is -3.80. The number of rotatable bonds is 12. The summed E-state index contributed by atoms with van der Waals surface area (Å²) < 4.78 is 27.4. The molecule has 0 aromatic heterocycles. The monoisotopic (exact) mass is 627 g/mol. The second-order valence-electron chi connectivity index (χ2n) is 13.7. The van der Waals surface area contributed by atoms with Crippen molar-refractivity contribution in [2.45, 2.75) is 83.7 Å². The molecule has 4 saturated carbocycles. The molecule has 2 amide bonds. The maximum absolute atomic E-state index is 14.0. The molecule has 2 aromatic rings. The van der Waals surface area contributed by atoms with Crippen LogP contribution in [0, 0.1) is 23.7 Å². The number of benzene rings is 2. The Labute approximate surface area is 262 Å². The predicted molar refractivity (Wildman–Crippen MR) is 172 cm³/mol. The van der Waals surface area contributed by atoms with Crippen molar-refractivity contribution in [2.75, 3.05) is 23.7 Å². The molecule has 0 aliphatic heterocycles. The minimum absolute atomic E-state index is 0.0919. The van der Waals surface area contributed by atoms with Gasteiger partial charge in [-0.2, -0.15) is 0 Å². The number of anilines is 1. The SMILES string of the molecule is CC[C@H](C(=O)NCC(C)C)N(Cc1ccccc1Cl)C(=O)CN(c1ccc(C23CC4CC(CC(C4)C2)C3)cc1)S(C)(=O)=O. The Morgan fingerprint density at radius 1 is 0.977 bits per heavy atom. The topological polar surface area (TPSA) is 86.8 Å². The molecule has 0 spiro atoms. The van der Waals surface area contributed by atoms with Gasteiger partial charge in [0.15, 0.2) is 0 Å². The average Bonchev–Trinajstić information content (AvgIpc) is 2.94. The molecule has 2 aromatic carbocycles. The van der Waals surface area contributed by atoms with Crippen LogP contribution in [-0.4, -0.2) is 50.5 Å². The van der Waals surface area contributed by atoms with E-state index in [-0.39, 0.29) is 23.8 Å². The highest BCUT2D eigenvalue weighted by Gasteiger charge is 2.51. The van der Waals surface area contributed by atoms with Crippen LogP contribution in [-0.2, 0) is 31.6 Å². The van der Waals surface area contributed by atoms with Crippen LogP contribution in [0.4, 0.5) is 5.69 Å². The maximum Gasteiger partial charge on any atom is 0.244 e. The number of hydrogen-bond donors (Lipinski definition) is 1. The molecule has 9 heteroatoms. The first-order chi connectivity index (χ1) is 20.4. The number of nitrogens with zero attached hydrogens (tertiary/aromatic N) is 2. The van der Waals surface area contributed by atoms with E-state index >= 15 is 0 Å². The third-order valence-electron chi connectivity index (χ3n) is 9.85. The van der Waals surface area contributed by atoms with Crippen LogP contribution >= 0.6 is 11.6 Å². The molecule has 0 unspecified atom stereocenters. The summed E-state index contributed by atoms with van der Waals surface area (Å²) in [4.78, 5) is 28.8. The van der Waals surface area contributed by atoms with Gasteiger partial charge in [-0.15, -0.1) is 0 Å². The van der Waals surface area contributed by atoms with E-state index in [0.29, 0.717) is 29.2 Å². The fourth-order valence-corrected chi connectivity index (χ4v) is 9.26. The highest BCUT2D eigenvalue weighted by atomic mass is 35.5. The van der Waals surface area contributed by atoms with Gasteiger partial charge in [-0.1, -0.05) is 62.7 Å². The largest absolute Gasteiger partial charge is 0.354 e. The number of sulfonamides is 1. The summed E-state index contributed by atoms with van der Waals surface area (Å²) >= 11 is 6.46. The Kier molecular flexibility index (Phi) is 9.48. The first-order valence-corrected chi connectivity index (χ1v) is 18.0. The quantitative estimate of drug-likeness (QED) is 0.306. The molecule has 4 aliphatic rings. The maximum atomic E-state index is 14.0. The van der Waals surface area contributed by atoms with E-state index in [1.807, 2.05) is 51.1 Å². The molecule has 0 radical (unpaired) electrons. The van der Waals surface area contributed by atoms with Crippen molar-refractivity contribution in [3.05, 3.63) is 64.7 Å². The molecular weight excluding hydrogens is 582 g/mol. The van der Waals surface area contributed by atoms with Gasteiger partial charge >= 0.3 is 0 Å². The van der Waals surface area contributed by atoms with E-state index in [0.717, 1.165) is 28.3 Å². The van der Waals surface area contributed by atoms with Crippen molar-refractivity contribution in [2.24, 2.45) is 23.7 Å². The second kappa shape index (κ2) is 12.8. The highest BCUT2D eigenvalue weighted by molar-refractivity contribution is 7.92. The van der Waals surface area contributed by atoms with Crippen molar-refractivity contribution in [1.82, 2.24) is 10.2 Å². The molecule has 7 nitrogen and oxygen atoms in total. The predicted octanol–water partition coefficient (Wildman–Crippen LogP) is 6.15. The van der Waals surface area contributed by atoms with Gasteiger partial charge in [0.05, 0.1) is 11.9 Å². The summed E-state index contributed by atoms with van der Waals surface area (Å²) in [5.74, 6) is 1.96. The Morgan fingerprint density at radius 3 is 2.07 bits per heavy atom. The van der Waals surface area contributed by atoms with Crippen molar-refractivity contribution in [1.29, 1.82) is 0 Å². The average molecular weight is 628 g/mol. The summed E-state index contributed by atoms with van der Waals surface area (Å²) in [5.41, 5.74) is 2.64. The third-order valence-corrected chi connectivity index (χ3v) is 11.4. The van der Waals surface area contributed by atoms with Crippen LogP contribution in [0.1, 0.15) is 76.8 Å². The lowest BCUT2D eigenvalue weighted by molar-refractivity contribution is -0.140. The molecule has 0 saturated heterocycles. The number of carbonyl (C=O) groups is 2. The highest BCUT2D eigenvalue weighted by Crippen LogP contribution is 2.60. The summed E-state index contributed by atoms with van der Waals surface area (Å²) in [6.45, 7) is 6.03. The molecular formula is C34H46ClN3O4S. The van der Waals surface area contributed by atoms with Crippen molar-refractivity contribution >= 4 is 39.1 Å². The molecule has 1 atom stereocenters. The lowest BCUT2D eigenvalue weighted by Crippen LogP contribution is -2.52. The fourth-order valence-electron chi connectivity index (χ4n) is 8.21. The second-order valence-corrected chi connectivity index (χ2v) is 16.0. The smallest absolute Gasteiger partial charge is 0.244 e. The van der Waals surface area contributed by atoms with Gasteiger partial charge in [0.25, 0.3) is 0 Å². The number of carbonyl (C=O) groups excluding carboxylic acids is 2. The number of halogens is 1. The zero-order chi connectivity index (χ0) is 30.9. The molecule has 1 N–H and O–H groups in total. The van der Waals surface area contributed by atoms with E-state index < -0.39 is 28.5 Å². The Balaban J connectivity index is 1.40. The van der Waals surface area contributed by atoms with Crippen molar-refractivity contribution < 1.29 is 18.0 Å². The first kappa shape index (κ1) is 31.8. The Bertz CT molecular complexity index is 1390. The van der Waals surface area contributed by atoms with E-state index in [1.54, 1.807) is 6.07 Å². The van der Waals surface area contributed by atoms with Gasteiger partial charge in [0.2, 0.25) is 21.8 Å². The summed E-state index contributed by atoms with van der Waals surface area (Å²) in [6.07, 6.45) is 9.25. The molecule has 43 heavy (non-hydrogen) atoms. The van der Waals surface area contributed by atoms with Crippen LogP contribution in [0.2, 0.25) is 5.02 Å². The van der Waals surface area contributed by atoms with Gasteiger partial charge in [-0.05, 0) is 103 Å². The minimum atomic E-state index is -3.80. The molecule has 4 fully saturated rings. The first-order valence-electron chi connectivity index (χ1n) is 15.8. The van der Waals surface area contributed by atoms with Crippen LogP contribution in [0.25, 0.3) is 0 Å². The zero-order valence-electron chi connectivity index (χ0n) is 25.9. The third kappa shape index (κ3) is 7.06. The molecule has 6 rings (SSSR count). The Morgan fingerprint density at radius 2 is 1.56 bits per heavy atom. The molecule has 234 valence electrons. The number of amides is 2. The molecule has 4 aliphatic carbocycles. The van der Waals surface area contributed by atoms with Crippen molar-refractivity contribution in [3.8, 4) is 0 Å². The van der Waals surface area contributed by atoms with E-state index in [4.69, 9.17) is 11.6 Å². The van der Waals surface area contributed by atoms with Gasteiger partial charge in [0.1, 0.15) is 12.6 Å². The minimum Gasteiger partial charge on any atom is -0.354 e. The van der Waals surface area contributed by atoms with Crippen LogP contribution < -0.4 is 9.62 Å². The van der Waals surface area contributed by atoms with Crippen LogP contribution in [0.3, 0.4) is 0 Å². The number of hydrogen-bond acceptors (Lipinski definition) is 4. The lowest BCUT2D eigenvalue weighted by Gasteiger charge is -2.57. The van der Waals surface area contributed by atoms with Crippen LogP contribution in [0.5, 0.6) is 0 Å². The Hall–Kier alpha value is -2.58. The van der Waals surface area contributed by atoms with Gasteiger partial charge in [0, 0.05) is 18.1 Å². The van der Waals surface area contributed by atoms with Crippen molar-refractivity contribution in [3.63, 3.8) is 0 Å². The van der Waals surface area contributed by atoms with E-state index in [2.05, 4.69) is 17.4 Å². The number of nitrogens with one attached hydrogen (secondary N) is 1. The van der Waals surface area contributed by atoms with E-state index in [9.17, 15) is 18.0 Å². The van der Waals surface area contributed by atoms with E-state index in [1.165, 1.54) is 49.0 Å². The van der Waals surface area contributed by atoms with Gasteiger partial charge in [-0.25, -0.2) is 8.42 Å². The standard InChI is InChI=1S/C34H46ClN3O4S/c1-5-31(33(40)36-20-23(2)3)37(21-27-8-6-7-9-30(27)35)32(39)22-38(43(4,41)42)29-12-10-28(11-13-29)34-17-24-14-25(18-34)16-26(15-24)19-34/h6-13,23-26,31H,5,14-22H2,1-4H3,(H,36,40)/t24?,25?,26?,31-,34?/m1/s1. The lowest BCUT2D eigenvalue weighted by atomic mass is 9.48.